The van der Waals surface area contributed by atoms with Gasteiger partial charge in [0.1, 0.15) is 10.8 Å². The maximum absolute atomic E-state index is 12.3. The van der Waals surface area contributed by atoms with E-state index in [9.17, 15) is 13.2 Å². The molecule has 0 bridgehead atoms. The average molecular weight is 351 g/mol. The monoisotopic (exact) mass is 350 g/mol. The zero-order chi connectivity index (χ0) is 11.6. The second-order valence-electron chi connectivity index (χ2n) is 2.80. The zero-order valence-corrected chi connectivity index (χ0v) is 10.3. The van der Waals surface area contributed by atoms with E-state index in [1.54, 1.807) is 22.6 Å². The van der Waals surface area contributed by atoms with Crippen molar-refractivity contribution in [2.24, 2.45) is 5.73 Å². The number of rotatable bonds is 2. The van der Waals surface area contributed by atoms with Gasteiger partial charge in [-0.25, -0.2) is 4.98 Å². The van der Waals surface area contributed by atoms with Gasteiger partial charge in [-0.15, -0.1) is 0 Å². The Balaban J connectivity index is 3.19. The van der Waals surface area contributed by atoms with Crippen LogP contribution in [-0.2, 0) is 12.6 Å². The van der Waals surface area contributed by atoms with Crippen molar-refractivity contribution in [2.45, 2.75) is 12.6 Å². The number of aromatic nitrogens is 1. The lowest BCUT2D eigenvalue weighted by Gasteiger charge is -2.10. The van der Waals surface area contributed by atoms with Crippen molar-refractivity contribution < 1.29 is 13.2 Å². The summed E-state index contributed by atoms with van der Waals surface area (Å²) in [5, 5.41) is -0.125. The van der Waals surface area contributed by atoms with Crippen molar-refractivity contribution in [3.8, 4) is 0 Å². The number of pyridine rings is 1. The first-order valence-electron chi connectivity index (χ1n) is 3.98. The third kappa shape index (κ3) is 3.18. The molecule has 0 saturated heterocycles. The molecule has 7 heteroatoms. The van der Waals surface area contributed by atoms with Crippen LogP contribution < -0.4 is 5.73 Å². The Morgan fingerprint density at radius 1 is 1.47 bits per heavy atom. The Morgan fingerprint density at radius 2 is 2.07 bits per heavy atom. The van der Waals surface area contributed by atoms with Gasteiger partial charge in [0.25, 0.3) is 0 Å². The Labute approximate surface area is 103 Å². The van der Waals surface area contributed by atoms with Gasteiger partial charge in [0.15, 0.2) is 0 Å². The first-order valence-corrected chi connectivity index (χ1v) is 5.44. The van der Waals surface area contributed by atoms with Crippen molar-refractivity contribution >= 4 is 34.2 Å². The molecule has 0 unspecified atom stereocenters. The van der Waals surface area contributed by atoms with Gasteiger partial charge >= 0.3 is 6.18 Å². The first-order chi connectivity index (χ1) is 6.86. The Bertz CT molecular complexity index is 344. The van der Waals surface area contributed by atoms with E-state index in [0.717, 1.165) is 6.07 Å². The number of hydrogen-bond donors (Lipinski definition) is 1. The van der Waals surface area contributed by atoms with Crippen LogP contribution in [0.25, 0.3) is 0 Å². The third-order valence-electron chi connectivity index (χ3n) is 1.70. The van der Waals surface area contributed by atoms with Gasteiger partial charge < -0.3 is 5.73 Å². The predicted molar refractivity (Wildman–Crippen MR) is 59.7 cm³/mol. The highest BCUT2D eigenvalue weighted by Gasteiger charge is 2.33. The van der Waals surface area contributed by atoms with E-state index < -0.39 is 11.9 Å². The summed E-state index contributed by atoms with van der Waals surface area (Å²) in [4.78, 5) is 3.30. The van der Waals surface area contributed by atoms with Crippen molar-refractivity contribution in [3.63, 3.8) is 0 Å². The zero-order valence-electron chi connectivity index (χ0n) is 7.41. The number of nitrogens with zero attached hydrogens (tertiary/aromatic N) is 1. The maximum Gasteiger partial charge on any atom is 0.433 e. The minimum absolute atomic E-state index is 0.125. The summed E-state index contributed by atoms with van der Waals surface area (Å²) in [5.41, 5.74) is 4.90. The highest BCUT2D eigenvalue weighted by molar-refractivity contribution is 14.1. The van der Waals surface area contributed by atoms with Crippen LogP contribution in [0.3, 0.4) is 0 Å². The number of nitrogens with two attached hydrogens (primary N) is 1. The lowest BCUT2D eigenvalue weighted by Crippen LogP contribution is -2.12. The van der Waals surface area contributed by atoms with Crippen LogP contribution in [0.5, 0.6) is 0 Å². The SMILES string of the molecule is NCCc1c(I)cc(C(F)(F)F)nc1Cl. The molecule has 0 amide bonds. The molecule has 2 N–H and O–H groups in total. The molecule has 0 fully saturated rings. The smallest absolute Gasteiger partial charge is 0.330 e. The number of alkyl halides is 3. The number of halogens is 5. The first kappa shape index (κ1) is 13.0. The lowest BCUT2D eigenvalue weighted by molar-refractivity contribution is -0.141. The van der Waals surface area contributed by atoms with E-state index in [2.05, 4.69) is 4.98 Å². The van der Waals surface area contributed by atoms with Crippen molar-refractivity contribution in [2.75, 3.05) is 6.54 Å². The molecule has 0 aliphatic carbocycles. The van der Waals surface area contributed by atoms with E-state index in [4.69, 9.17) is 17.3 Å². The molecule has 0 saturated carbocycles. The van der Waals surface area contributed by atoms with E-state index in [-0.39, 0.29) is 5.15 Å². The average Bonchev–Trinajstić information content (AvgIpc) is 2.09. The maximum atomic E-state index is 12.3. The lowest BCUT2D eigenvalue weighted by atomic mass is 10.2. The van der Waals surface area contributed by atoms with Gasteiger partial charge in [-0.05, 0) is 41.6 Å². The van der Waals surface area contributed by atoms with E-state index in [0.29, 0.717) is 22.1 Å². The van der Waals surface area contributed by atoms with Gasteiger partial charge in [0.05, 0.1) is 0 Å². The van der Waals surface area contributed by atoms with Crippen LogP contribution in [0, 0.1) is 3.57 Å². The van der Waals surface area contributed by atoms with Crippen LogP contribution in [0.2, 0.25) is 5.15 Å². The van der Waals surface area contributed by atoms with Gasteiger partial charge in [-0.1, -0.05) is 11.6 Å². The predicted octanol–water partition coefficient (Wildman–Crippen LogP) is 2.86. The molecule has 1 heterocycles. The van der Waals surface area contributed by atoms with Crippen LogP contribution in [0.4, 0.5) is 13.2 Å². The fraction of sp³-hybridized carbons (Fsp3) is 0.375. The topological polar surface area (TPSA) is 38.9 Å². The number of hydrogen-bond acceptors (Lipinski definition) is 2. The van der Waals surface area contributed by atoms with Gasteiger partial charge in [-0.2, -0.15) is 13.2 Å². The standard InChI is InChI=1S/C8H7ClF3IN2/c9-7-4(1-2-14)5(13)3-6(15-7)8(10,11)12/h3H,1-2,14H2. The van der Waals surface area contributed by atoms with Gasteiger partial charge in [0.2, 0.25) is 0 Å². The summed E-state index contributed by atoms with van der Waals surface area (Å²) >= 11 is 7.44. The van der Waals surface area contributed by atoms with Crippen LogP contribution in [0.15, 0.2) is 6.07 Å². The molecule has 84 valence electrons. The normalized spacial score (nSPS) is 11.9. The van der Waals surface area contributed by atoms with Crippen LogP contribution in [-0.4, -0.2) is 11.5 Å². The highest BCUT2D eigenvalue weighted by Crippen LogP contribution is 2.31. The molecule has 2 nitrogen and oxygen atoms in total. The van der Waals surface area contributed by atoms with Crippen molar-refractivity contribution in [1.29, 1.82) is 0 Å². The summed E-state index contributed by atoms with van der Waals surface area (Å²) in [6.07, 6.45) is -4.05. The fourth-order valence-corrected chi connectivity index (χ4v) is 2.29. The summed E-state index contributed by atoms with van der Waals surface area (Å²) in [6, 6.07) is 0.970. The highest BCUT2D eigenvalue weighted by atomic mass is 127. The van der Waals surface area contributed by atoms with Crippen LogP contribution >= 0.6 is 34.2 Å². The quantitative estimate of drug-likeness (QED) is 0.658. The second-order valence-corrected chi connectivity index (χ2v) is 4.32. The Hall–Kier alpha value is -0.0800. The van der Waals surface area contributed by atoms with Crippen LogP contribution in [0.1, 0.15) is 11.3 Å². The minimum atomic E-state index is -4.47. The largest absolute Gasteiger partial charge is 0.433 e. The molecule has 0 radical (unpaired) electrons. The molecule has 0 atom stereocenters. The molecule has 0 aliphatic rings. The molecule has 0 spiro atoms. The van der Waals surface area contributed by atoms with E-state index in [1.165, 1.54) is 0 Å². The molecule has 15 heavy (non-hydrogen) atoms. The molecule has 0 aromatic carbocycles. The third-order valence-corrected chi connectivity index (χ3v) is 2.98. The van der Waals surface area contributed by atoms with Gasteiger partial charge in [-0.3, -0.25) is 0 Å². The summed E-state index contributed by atoms with van der Waals surface area (Å²) in [6.45, 7) is 0.322. The van der Waals surface area contributed by atoms with E-state index in [1.807, 2.05) is 0 Å². The van der Waals surface area contributed by atoms with Crippen molar-refractivity contribution in [1.82, 2.24) is 4.98 Å². The molecule has 0 aliphatic heterocycles. The molecular formula is C8H7ClF3IN2. The Morgan fingerprint density at radius 3 is 2.47 bits per heavy atom. The van der Waals surface area contributed by atoms with Crippen molar-refractivity contribution in [3.05, 3.63) is 26.0 Å². The molecule has 1 aromatic heterocycles. The second kappa shape index (κ2) is 4.84. The van der Waals surface area contributed by atoms with Gasteiger partial charge in [0, 0.05) is 9.13 Å². The molecule has 1 aromatic rings. The minimum Gasteiger partial charge on any atom is -0.330 e. The fourth-order valence-electron chi connectivity index (χ4n) is 1.02. The molecule has 1 rings (SSSR count). The van der Waals surface area contributed by atoms with E-state index >= 15 is 0 Å². The summed E-state index contributed by atoms with van der Waals surface area (Å²) in [5.74, 6) is 0. The summed E-state index contributed by atoms with van der Waals surface area (Å²) in [7, 11) is 0. The summed E-state index contributed by atoms with van der Waals surface area (Å²) < 4.78 is 37.4. The molecular weight excluding hydrogens is 343 g/mol. The Kier molecular flexibility index (Phi) is 4.19.